The largest absolute Gasteiger partial charge is 0.483 e. The summed E-state index contributed by atoms with van der Waals surface area (Å²) in [6.07, 6.45) is -0.662. The molecule has 0 bridgehead atoms. The van der Waals surface area contributed by atoms with Crippen LogP contribution in [-0.2, 0) is 11.3 Å². The number of nitrogens with zero attached hydrogens (tertiary/aromatic N) is 3. The van der Waals surface area contributed by atoms with Crippen LogP contribution >= 0.6 is 0 Å². The van der Waals surface area contributed by atoms with Crippen molar-refractivity contribution in [2.75, 3.05) is 25.5 Å². The molecule has 0 radical (unpaired) electrons. The second-order valence-electron chi connectivity index (χ2n) is 6.95. The first-order valence-corrected chi connectivity index (χ1v) is 9.16. The Kier molecular flexibility index (Phi) is 6.09. The molecule has 0 spiro atoms. The van der Waals surface area contributed by atoms with E-state index in [4.69, 9.17) is 9.90 Å². The van der Waals surface area contributed by atoms with Gasteiger partial charge in [0, 0.05) is 26.0 Å². The van der Waals surface area contributed by atoms with E-state index in [1.54, 1.807) is 4.90 Å². The van der Waals surface area contributed by atoms with E-state index in [1.807, 2.05) is 73.6 Å². The Hall–Kier alpha value is -3.45. The molecule has 0 fully saturated rings. The summed E-state index contributed by atoms with van der Waals surface area (Å²) < 4.78 is 0. The monoisotopic (exact) mass is 393 g/mol. The number of aliphatic hydroxyl groups excluding tert-OH is 1. The normalized spacial score (nSPS) is 15.1. The maximum atomic E-state index is 13.3. The number of fused-ring (bicyclic) bond motifs is 2. The quantitative estimate of drug-likeness (QED) is 0.650. The van der Waals surface area contributed by atoms with Gasteiger partial charge in [-0.05, 0) is 23.3 Å². The molecule has 0 saturated heterocycles. The van der Waals surface area contributed by atoms with Crippen LogP contribution in [0.1, 0.15) is 27.6 Å². The highest BCUT2D eigenvalue weighted by atomic mass is 16.3. The van der Waals surface area contributed by atoms with Gasteiger partial charge in [-0.2, -0.15) is 0 Å². The van der Waals surface area contributed by atoms with Crippen LogP contribution in [0.5, 0.6) is 0 Å². The molecule has 150 valence electrons. The predicted octanol–water partition coefficient (Wildman–Crippen LogP) is 2.69. The number of benzene rings is 2. The number of carbonyl (C=O) groups is 2. The highest BCUT2D eigenvalue weighted by Gasteiger charge is 2.28. The fourth-order valence-electron chi connectivity index (χ4n) is 3.47. The fourth-order valence-corrected chi connectivity index (χ4v) is 3.47. The van der Waals surface area contributed by atoms with E-state index in [0.29, 0.717) is 18.7 Å². The van der Waals surface area contributed by atoms with Crippen molar-refractivity contribution in [3.05, 3.63) is 71.3 Å². The van der Waals surface area contributed by atoms with Crippen LogP contribution in [0.25, 0.3) is 10.9 Å². The van der Waals surface area contributed by atoms with E-state index in [1.165, 1.54) is 0 Å². The van der Waals surface area contributed by atoms with Crippen LogP contribution in [0.3, 0.4) is 0 Å². The van der Waals surface area contributed by atoms with Crippen LogP contribution in [0.4, 0.5) is 5.82 Å². The number of hydrogen-bond donors (Lipinski definition) is 2. The van der Waals surface area contributed by atoms with Crippen LogP contribution < -0.4 is 4.90 Å². The molecule has 1 aliphatic rings. The minimum atomic E-state index is -0.662. The minimum Gasteiger partial charge on any atom is -0.483 e. The number of aliphatic hydroxyl groups is 1. The standard InChI is InChI=1S/C21H21N3O2.CH2O2/c1-23(2)20-11-17(16-9-5-6-10-18(16)22-20)21(26)24-12-14-7-3-4-8-15(14)19(25)13-24;2-1-3/h3-11,19,25H,12-13H2,1-2H3;1H,(H,2,3). The van der Waals surface area contributed by atoms with Gasteiger partial charge in [-0.25, -0.2) is 4.98 Å². The van der Waals surface area contributed by atoms with E-state index >= 15 is 0 Å². The van der Waals surface area contributed by atoms with Gasteiger partial charge in [0.2, 0.25) is 0 Å². The zero-order valence-corrected chi connectivity index (χ0v) is 16.3. The molecule has 29 heavy (non-hydrogen) atoms. The number of β-amino-alcohol motifs (C(OH)–C–C–N with tert-alkyl or cyclic N) is 1. The lowest BCUT2D eigenvalue weighted by Crippen LogP contribution is -2.38. The van der Waals surface area contributed by atoms with Gasteiger partial charge in [0.05, 0.1) is 23.7 Å². The molecular weight excluding hydrogens is 370 g/mol. The summed E-state index contributed by atoms with van der Waals surface area (Å²) >= 11 is 0. The molecule has 1 aliphatic heterocycles. The van der Waals surface area contributed by atoms with Crippen LogP contribution in [0.15, 0.2) is 54.6 Å². The third kappa shape index (κ3) is 4.20. The first kappa shape index (κ1) is 20.3. The number of rotatable bonds is 2. The molecule has 2 aromatic carbocycles. The first-order chi connectivity index (χ1) is 14.0. The molecule has 7 heteroatoms. The zero-order valence-electron chi connectivity index (χ0n) is 16.3. The maximum Gasteiger partial charge on any atom is 0.290 e. The summed E-state index contributed by atoms with van der Waals surface area (Å²) in [4.78, 5) is 29.9. The summed E-state index contributed by atoms with van der Waals surface area (Å²) in [5.41, 5.74) is 3.31. The van der Waals surface area contributed by atoms with Gasteiger partial charge in [0.25, 0.3) is 12.4 Å². The van der Waals surface area contributed by atoms with Crippen molar-refractivity contribution in [3.63, 3.8) is 0 Å². The van der Waals surface area contributed by atoms with E-state index in [-0.39, 0.29) is 12.4 Å². The summed E-state index contributed by atoms with van der Waals surface area (Å²) in [5.74, 6) is 0.658. The van der Waals surface area contributed by atoms with Crippen molar-refractivity contribution in [2.24, 2.45) is 0 Å². The van der Waals surface area contributed by atoms with Gasteiger partial charge in [0.15, 0.2) is 0 Å². The average molecular weight is 393 g/mol. The lowest BCUT2D eigenvalue weighted by atomic mass is 9.96. The Bertz CT molecular complexity index is 1040. The van der Waals surface area contributed by atoms with E-state index in [9.17, 15) is 9.90 Å². The van der Waals surface area contributed by atoms with E-state index < -0.39 is 6.10 Å². The molecule has 2 heterocycles. The minimum absolute atomic E-state index is 0.0831. The number of anilines is 1. The second kappa shape index (κ2) is 8.70. The smallest absolute Gasteiger partial charge is 0.290 e. The lowest BCUT2D eigenvalue weighted by molar-refractivity contribution is -0.122. The van der Waals surface area contributed by atoms with Gasteiger partial charge in [-0.15, -0.1) is 0 Å². The van der Waals surface area contributed by atoms with Crippen molar-refractivity contribution < 1.29 is 19.8 Å². The number of hydrogen-bond acceptors (Lipinski definition) is 5. The Morgan fingerprint density at radius 3 is 2.55 bits per heavy atom. The first-order valence-electron chi connectivity index (χ1n) is 9.16. The molecule has 1 unspecified atom stereocenters. The Labute approximate surface area is 168 Å². The van der Waals surface area contributed by atoms with Crippen LogP contribution in [0.2, 0.25) is 0 Å². The number of pyridine rings is 1. The highest BCUT2D eigenvalue weighted by molar-refractivity contribution is 6.07. The molecule has 0 aliphatic carbocycles. The van der Waals surface area contributed by atoms with Gasteiger partial charge in [-0.1, -0.05) is 42.5 Å². The highest BCUT2D eigenvalue weighted by Crippen LogP contribution is 2.29. The molecule has 7 nitrogen and oxygen atoms in total. The number of carboxylic acid groups (broad SMARTS) is 1. The third-order valence-electron chi connectivity index (χ3n) is 4.85. The van der Waals surface area contributed by atoms with Gasteiger partial charge in [0.1, 0.15) is 5.82 Å². The number of aromatic nitrogens is 1. The number of amides is 1. The molecule has 1 atom stereocenters. The SMILES string of the molecule is CN(C)c1cc(C(=O)N2Cc3ccccc3C(O)C2)c2ccccc2n1.O=CO. The Balaban J connectivity index is 0.000000755. The molecule has 2 N–H and O–H groups in total. The lowest BCUT2D eigenvalue weighted by Gasteiger charge is -2.32. The van der Waals surface area contributed by atoms with Crippen molar-refractivity contribution >= 4 is 29.1 Å². The molecule has 1 amide bonds. The van der Waals surface area contributed by atoms with Crippen molar-refractivity contribution in [3.8, 4) is 0 Å². The molecule has 0 saturated carbocycles. The average Bonchev–Trinajstić information content (AvgIpc) is 2.73. The van der Waals surface area contributed by atoms with Crippen molar-refractivity contribution in [1.29, 1.82) is 0 Å². The van der Waals surface area contributed by atoms with Crippen LogP contribution in [-0.4, -0.2) is 53.1 Å². The van der Waals surface area contributed by atoms with E-state index in [0.717, 1.165) is 27.8 Å². The third-order valence-corrected chi connectivity index (χ3v) is 4.85. The fraction of sp³-hybridized carbons (Fsp3) is 0.227. The zero-order chi connectivity index (χ0) is 21.0. The Morgan fingerprint density at radius 1 is 1.17 bits per heavy atom. The topological polar surface area (TPSA) is 94.0 Å². The summed E-state index contributed by atoms with van der Waals surface area (Å²) in [7, 11) is 3.82. The van der Waals surface area contributed by atoms with Gasteiger partial charge in [-0.3, -0.25) is 9.59 Å². The summed E-state index contributed by atoms with van der Waals surface area (Å²) in [6.45, 7) is 0.545. The molecular formula is C22H23N3O4. The predicted molar refractivity (Wildman–Crippen MR) is 111 cm³/mol. The molecule has 1 aromatic heterocycles. The van der Waals surface area contributed by atoms with Gasteiger partial charge < -0.3 is 20.0 Å². The Morgan fingerprint density at radius 2 is 1.83 bits per heavy atom. The van der Waals surface area contributed by atoms with Crippen molar-refractivity contribution in [1.82, 2.24) is 9.88 Å². The van der Waals surface area contributed by atoms with Crippen molar-refractivity contribution in [2.45, 2.75) is 12.6 Å². The number of carbonyl (C=O) groups excluding carboxylic acids is 1. The van der Waals surface area contributed by atoms with E-state index in [2.05, 4.69) is 4.98 Å². The molecule has 4 rings (SSSR count). The molecule has 3 aromatic rings. The summed E-state index contributed by atoms with van der Waals surface area (Å²) in [5, 5.41) is 18.2. The second-order valence-corrected chi connectivity index (χ2v) is 6.95. The summed E-state index contributed by atoms with van der Waals surface area (Å²) in [6, 6.07) is 17.2. The van der Waals surface area contributed by atoms with Crippen LogP contribution in [0, 0.1) is 0 Å². The maximum absolute atomic E-state index is 13.3. The number of para-hydroxylation sites is 1. The van der Waals surface area contributed by atoms with Gasteiger partial charge >= 0.3 is 0 Å².